The molecule has 1 aliphatic heterocycles. The number of carbonyl (C=O) groups excluding carboxylic acids is 5. The smallest absolute Gasteiger partial charge is 0.350 e. The van der Waals surface area contributed by atoms with Crippen molar-refractivity contribution in [2.45, 2.75) is 81.1 Å². The third-order valence-corrected chi connectivity index (χ3v) is 7.17. The molecule has 1 heterocycles. The van der Waals surface area contributed by atoms with Gasteiger partial charge in [-0.25, -0.2) is 9.59 Å². The highest BCUT2D eigenvalue weighted by atomic mass is 16.7. The van der Waals surface area contributed by atoms with Crippen molar-refractivity contribution >= 4 is 29.5 Å². The molecule has 3 aliphatic rings. The number of ether oxygens (including phenoxy) is 5. The monoisotopic (exact) mass is 604 g/mol. The summed E-state index contributed by atoms with van der Waals surface area (Å²) in [6.45, 7) is -0.138. The SMILES string of the molecule is CC(=O)OC1C(Oc2ccccc2COC(=O)C2(O)C=CCCC2=O)OC(COC(=O)C2(O)C=CCCC2=O)C(O)C1O. The van der Waals surface area contributed by atoms with Crippen LogP contribution in [-0.4, -0.2) is 98.4 Å². The van der Waals surface area contributed by atoms with Crippen LogP contribution in [0.2, 0.25) is 0 Å². The average Bonchev–Trinajstić information content (AvgIpc) is 2.98. The van der Waals surface area contributed by atoms with E-state index in [1.54, 1.807) is 12.1 Å². The first kappa shape index (κ1) is 32.0. The molecule has 7 atom stereocenters. The molecule has 14 heteroatoms. The Bertz CT molecular complexity index is 1320. The lowest BCUT2D eigenvalue weighted by atomic mass is 9.90. The van der Waals surface area contributed by atoms with Gasteiger partial charge in [-0.2, -0.15) is 0 Å². The van der Waals surface area contributed by atoms with Gasteiger partial charge in [0, 0.05) is 25.3 Å². The molecule has 1 aromatic carbocycles. The maximum atomic E-state index is 12.6. The summed E-state index contributed by atoms with van der Waals surface area (Å²) in [6.07, 6.45) is -2.56. The van der Waals surface area contributed by atoms with Crippen molar-refractivity contribution in [1.29, 1.82) is 0 Å². The number of allylic oxidation sites excluding steroid dienone is 2. The summed E-state index contributed by atoms with van der Waals surface area (Å²) in [5.41, 5.74) is -4.70. The molecule has 0 bridgehead atoms. The zero-order valence-electron chi connectivity index (χ0n) is 23.1. The molecule has 0 radical (unpaired) electrons. The first-order valence-corrected chi connectivity index (χ1v) is 13.5. The Labute approximate surface area is 245 Å². The van der Waals surface area contributed by atoms with Crippen molar-refractivity contribution in [1.82, 2.24) is 0 Å². The number of aliphatic hydroxyl groups excluding tert-OH is 2. The third-order valence-electron chi connectivity index (χ3n) is 7.17. The minimum absolute atomic E-state index is 0.0153. The number of hydrogen-bond donors (Lipinski definition) is 4. The predicted octanol–water partition coefficient (Wildman–Crippen LogP) is -0.669. The molecule has 232 valence electrons. The molecular formula is C29H32O14. The Kier molecular flexibility index (Phi) is 9.77. The van der Waals surface area contributed by atoms with Gasteiger partial charge in [0.25, 0.3) is 0 Å². The fraction of sp³-hybridized carbons (Fsp3) is 0.483. The highest BCUT2D eigenvalue weighted by Crippen LogP contribution is 2.30. The van der Waals surface area contributed by atoms with Gasteiger partial charge in [0.15, 0.2) is 17.7 Å². The number of esters is 3. The number of ketones is 2. The summed E-state index contributed by atoms with van der Waals surface area (Å²) in [6, 6.07) is 6.05. The van der Waals surface area contributed by atoms with Gasteiger partial charge in [-0.3, -0.25) is 14.4 Å². The molecule has 4 N–H and O–H groups in total. The number of carbonyl (C=O) groups is 5. The Morgan fingerprint density at radius 2 is 1.49 bits per heavy atom. The summed E-state index contributed by atoms with van der Waals surface area (Å²) in [5.74, 6) is -4.80. The van der Waals surface area contributed by atoms with Gasteiger partial charge in [0.05, 0.1) is 0 Å². The van der Waals surface area contributed by atoms with Gasteiger partial charge in [-0.15, -0.1) is 0 Å². The lowest BCUT2D eigenvalue weighted by Gasteiger charge is -2.41. The van der Waals surface area contributed by atoms with E-state index in [1.165, 1.54) is 24.3 Å². The maximum Gasteiger partial charge on any atom is 0.350 e. The molecule has 1 saturated heterocycles. The molecule has 2 aliphatic carbocycles. The summed E-state index contributed by atoms with van der Waals surface area (Å²) in [7, 11) is 0. The van der Waals surface area contributed by atoms with Gasteiger partial charge < -0.3 is 44.1 Å². The predicted molar refractivity (Wildman–Crippen MR) is 141 cm³/mol. The second-order valence-electron chi connectivity index (χ2n) is 10.3. The highest BCUT2D eigenvalue weighted by molar-refractivity contribution is 6.10. The number of benzene rings is 1. The number of para-hydroxylation sites is 1. The summed E-state index contributed by atoms with van der Waals surface area (Å²) in [5, 5.41) is 42.4. The lowest BCUT2D eigenvalue weighted by Crippen LogP contribution is -2.61. The molecule has 0 aromatic heterocycles. The van der Waals surface area contributed by atoms with Gasteiger partial charge in [0.2, 0.25) is 17.5 Å². The van der Waals surface area contributed by atoms with E-state index in [1.807, 2.05) is 0 Å². The van der Waals surface area contributed by atoms with E-state index >= 15 is 0 Å². The Hall–Kier alpha value is -3.95. The van der Waals surface area contributed by atoms with Crippen molar-refractivity contribution in [3.63, 3.8) is 0 Å². The molecule has 4 rings (SSSR count). The normalized spacial score (nSPS) is 32.2. The van der Waals surface area contributed by atoms with Gasteiger partial charge in [-0.05, 0) is 31.1 Å². The molecule has 1 fully saturated rings. The maximum absolute atomic E-state index is 12.6. The quantitative estimate of drug-likeness (QED) is 0.119. The Morgan fingerprint density at radius 1 is 0.907 bits per heavy atom. The molecule has 0 amide bonds. The first-order valence-electron chi connectivity index (χ1n) is 13.5. The summed E-state index contributed by atoms with van der Waals surface area (Å²) in [4.78, 5) is 61.1. The van der Waals surface area contributed by atoms with E-state index in [-0.39, 0.29) is 24.2 Å². The topological polar surface area (TPSA) is 212 Å². The van der Waals surface area contributed by atoms with Crippen LogP contribution >= 0.6 is 0 Å². The minimum Gasteiger partial charge on any atom is -0.460 e. The van der Waals surface area contributed by atoms with Crippen molar-refractivity contribution in [3.8, 4) is 5.75 Å². The fourth-order valence-corrected chi connectivity index (χ4v) is 4.71. The molecule has 14 nitrogen and oxygen atoms in total. The molecule has 0 spiro atoms. The minimum atomic E-state index is -2.51. The Balaban J connectivity index is 1.49. The summed E-state index contributed by atoms with van der Waals surface area (Å²) < 4.78 is 27.0. The summed E-state index contributed by atoms with van der Waals surface area (Å²) >= 11 is 0. The third kappa shape index (κ3) is 6.84. The van der Waals surface area contributed by atoms with Gasteiger partial charge >= 0.3 is 17.9 Å². The van der Waals surface area contributed by atoms with Crippen LogP contribution in [0.1, 0.15) is 38.2 Å². The van der Waals surface area contributed by atoms with E-state index in [0.717, 1.165) is 19.1 Å². The van der Waals surface area contributed by atoms with Crippen LogP contribution in [0.3, 0.4) is 0 Å². The van der Waals surface area contributed by atoms with Crippen molar-refractivity contribution in [2.24, 2.45) is 0 Å². The van der Waals surface area contributed by atoms with Crippen LogP contribution in [0.5, 0.6) is 5.75 Å². The number of aliphatic hydroxyl groups is 4. The largest absolute Gasteiger partial charge is 0.460 e. The van der Waals surface area contributed by atoms with Crippen molar-refractivity contribution in [2.75, 3.05) is 6.61 Å². The average molecular weight is 605 g/mol. The van der Waals surface area contributed by atoms with Gasteiger partial charge in [-0.1, -0.05) is 30.4 Å². The van der Waals surface area contributed by atoms with Crippen LogP contribution in [0.25, 0.3) is 0 Å². The highest BCUT2D eigenvalue weighted by Gasteiger charge is 2.50. The molecule has 1 aromatic rings. The van der Waals surface area contributed by atoms with Crippen LogP contribution in [0.4, 0.5) is 0 Å². The van der Waals surface area contributed by atoms with E-state index in [4.69, 9.17) is 23.7 Å². The van der Waals surface area contributed by atoms with E-state index in [2.05, 4.69) is 0 Å². The van der Waals surface area contributed by atoms with Crippen molar-refractivity contribution in [3.05, 3.63) is 54.1 Å². The fourth-order valence-electron chi connectivity index (χ4n) is 4.71. The molecular weight excluding hydrogens is 572 g/mol. The zero-order chi connectivity index (χ0) is 31.4. The second-order valence-corrected chi connectivity index (χ2v) is 10.3. The number of rotatable bonds is 9. The lowest BCUT2D eigenvalue weighted by molar-refractivity contribution is -0.283. The van der Waals surface area contributed by atoms with Crippen LogP contribution in [-0.2, 0) is 49.5 Å². The van der Waals surface area contributed by atoms with E-state index < -0.39 is 84.6 Å². The zero-order valence-corrected chi connectivity index (χ0v) is 23.1. The van der Waals surface area contributed by atoms with E-state index in [0.29, 0.717) is 12.8 Å². The van der Waals surface area contributed by atoms with Gasteiger partial charge in [0.1, 0.15) is 37.3 Å². The standard InChI is InChI=1S/C29H32O14/c1-16(30)41-24-23(34)22(33)19(15-40-27(36)29(38)13-7-5-11-21(29)32)43-25(24)42-18-9-3-2-8-17(18)14-39-26(35)28(37)12-6-4-10-20(28)31/h2-3,6-9,12-13,19,22-25,33-34,37-38H,4-5,10-11,14-15H2,1H3. The van der Waals surface area contributed by atoms with E-state index in [9.17, 15) is 44.4 Å². The first-order chi connectivity index (χ1) is 20.4. The van der Waals surface area contributed by atoms with Crippen LogP contribution < -0.4 is 4.74 Å². The van der Waals surface area contributed by atoms with Crippen LogP contribution in [0, 0.1) is 0 Å². The number of Topliss-reactive ketones (excluding diaryl/α,β-unsaturated/α-hetero) is 2. The Morgan fingerprint density at radius 3 is 2.07 bits per heavy atom. The number of hydrogen-bond acceptors (Lipinski definition) is 14. The second kappa shape index (κ2) is 13.1. The molecule has 7 unspecified atom stereocenters. The molecule has 0 saturated carbocycles. The van der Waals surface area contributed by atoms with Crippen molar-refractivity contribution < 1.29 is 68.1 Å². The molecule has 43 heavy (non-hydrogen) atoms. The van der Waals surface area contributed by atoms with Crippen LogP contribution in [0.15, 0.2) is 48.6 Å².